The minimum atomic E-state index is -3.02. The number of rotatable bonds is 4. The van der Waals surface area contributed by atoms with E-state index in [1.807, 2.05) is 0 Å². The Morgan fingerprint density at radius 2 is 2.07 bits per heavy atom. The number of nitrogens with one attached hydrogen (secondary N) is 1. The van der Waals surface area contributed by atoms with Crippen molar-refractivity contribution in [1.29, 1.82) is 0 Å². The highest BCUT2D eigenvalue weighted by atomic mass is 32.2. The number of ether oxygens (including phenoxy) is 2. The van der Waals surface area contributed by atoms with Gasteiger partial charge >= 0.3 is 0 Å². The fraction of sp³-hybridized carbons (Fsp3) is 0.353. The van der Waals surface area contributed by atoms with Crippen molar-refractivity contribution >= 4 is 27.4 Å². The first-order chi connectivity index (χ1) is 12.9. The minimum Gasteiger partial charge on any atom is -0.454 e. The van der Waals surface area contributed by atoms with Crippen molar-refractivity contribution < 1.29 is 22.7 Å². The largest absolute Gasteiger partial charge is 0.454 e. The van der Waals surface area contributed by atoms with Gasteiger partial charge in [0.25, 0.3) is 5.91 Å². The zero-order chi connectivity index (χ0) is 19.0. The molecule has 0 bridgehead atoms. The number of aromatic nitrogens is 2. The lowest BCUT2D eigenvalue weighted by molar-refractivity contribution is 0.102. The molecule has 2 aliphatic rings. The summed E-state index contributed by atoms with van der Waals surface area (Å²) in [5.74, 6) is 1.34. The Kier molecular flexibility index (Phi) is 4.34. The van der Waals surface area contributed by atoms with Gasteiger partial charge in [0.2, 0.25) is 12.7 Å². The highest BCUT2D eigenvalue weighted by Gasteiger charge is 2.32. The Hall–Kier alpha value is -2.88. The molecule has 142 valence electrons. The molecule has 0 spiro atoms. The van der Waals surface area contributed by atoms with Gasteiger partial charge < -0.3 is 19.7 Å². The maximum atomic E-state index is 12.5. The van der Waals surface area contributed by atoms with Gasteiger partial charge in [-0.05, 0) is 24.6 Å². The predicted molar refractivity (Wildman–Crippen MR) is 98.0 cm³/mol. The first-order valence-electron chi connectivity index (χ1n) is 8.38. The lowest BCUT2D eigenvalue weighted by atomic mass is 10.2. The van der Waals surface area contributed by atoms with Gasteiger partial charge in [-0.3, -0.25) is 4.79 Å². The quantitative estimate of drug-likeness (QED) is 0.826. The Labute approximate surface area is 156 Å². The molecule has 1 unspecified atom stereocenters. The molecule has 0 saturated carbocycles. The van der Waals surface area contributed by atoms with Crippen LogP contribution >= 0.6 is 0 Å². The summed E-state index contributed by atoms with van der Waals surface area (Å²) in [6, 6.07) is 6.42. The zero-order valence-corrected chi connectivity index (χ0v) is 15.4. The molecule has 2 aromatic rings. The maximum Gasteiger partial charge on any atom is 0.274 e. The van der Waals surface area contributed by atoms with Crippen LogP contribution in [-0.2, 0) is 9.84 Å². The summed E-state index contributed by atoms with van der Waals surface area (Å²) in [7, 11) is -1.28. The first kappa shape index (κ1) is 17.5. The lowest BCUT2D eigenvalue weighted by Crippen LogP contribution is -2.34. The zero-order valence-electron chi connectivity index (χ0n) is 14.6. The molecule has 9 nitrogen and oxygen atoms in total. The van der Waals surface area contributed by atoms with Crippen LogP contribution in [0.2, 0.25) is 0 Å². The Morgan fingerprint density at radius 3 is 2.85 bits per heavy atom. The van der Waals surface area contributed by atoms with Crippen molar-refractivity contribution in [2.24, 2.45) is 0 Å². The van der Waals surface area contributed by atoms with Crippen LogP contribution in [0.25, 0.3) is 0 Å². The van der Waals surface area contributed by atoms with Crippen LogP contribution < -0.4 is 19.7 Å². The van der Waals surface area contributed by atoms with Crippen LogP contribution in [0.1, 0.15) is 16.9 Å². The summed E-state index contributed by atoms with van der Waals surface area (Å²) in [5.41, 5.74) is 0.741. The molecule has 1 N–H and O–H groups in total. The molecule has 1 fully saturated rings. The van der Waals surface area contributed by atoms with Crippen LogP contribution in [0.15, 0.2) is 30.5 Å². The predicted octanol–water partition coefficient (Wildman–Crippen LogP) is 1.08. The molecule has 1 amide bonds. The van der Waals surface area contributed by atoms with E-state index in [0.717, 1.165) is 0 Å². The molecule has 3 heterocycles. The third-order valence-electron chi connectivity index (χ3n) is 4.58. The highest BCUT2D eigenvalue weighted by Crippen LogP contribution is 2.34. The van der Waals surface area contributed by atoms with Gasteiger partial charge in [0.1, 0.15) is 5.69 Å². The number of carbonyl (C=O) groups is 1. The minimum absolute atomic E-state index is 0.0699. The Morgan fingerprint density at radius 1 is 1.26 bits per heavy atom. The van der Waals surface area contributed by atoms with Gasteiger partial charge in [-0.25, -0.2) is 18.4 Å². The second kappa shape index (κ2) is 6.69. The number of fused-ring (bicyclic) bond motifs is 1. The molecular formula is C17H18N4O5S. The number of sulfone groups is 1. The summed E-state index contributed by atoms with van der Waals surface area (Å²) >= 11 is 0. The summed E-state index contributed by atoms with van der Waals surface area (Å²) in [6.07, 6.45) is 2.01. The van der Waals surface area contributed by atoms with E-state index in [1.54, 1.807) is 30.1 Å². The summed E-state index contributed by atoms with van der Waals surface area (Å²) in [5, 5.41) is 2.76. The number of amides is 1. The van der Waals surface area contributed by atoms with Crippen molar-refractivity contribution in [3.05, 3.63) is 36.2 Å². The number of benzene rings is 1. The number of anilines is 2. The Bertz CT molecular complexity index is 995. The molecule has 2 aliphatic heterocycles. The number of hydrogen-bond acceptors (Lipinski definition) is 8. The molecule has 1 aromatic heterocycles. The van der Waals surface area contributed by atoms with Crippen LogP contribution in [-0.4, -0.2) is 55.7 Å². The van der Waals surface area contributed by atoms with Gasteiger partial charge in [-0.1, -0.05) is 0 Å². The van der Waals surface area contributed by atoms with Crippen LogP contribution in [0.3, 0.4) is 0 Å². The highest BCUT2D eigenvalue weighted by molar-refractivity contribution is 7.91. The van der Waals surface area contributed by atoms with E-state index in [1.165, 1.54) is 12.3 Å². The number of nitrogens with zero attached hydrogens (tertiary/aromatic N) is 3. The smallest absolute Gasteiger partial charge is 0.274 e. The lowest BCUT2D eigenvalue weighted by Gasteiger charge is -2.23. The third-order valence-corrected chi connectivity index (χ3v) is 6.33. The van der Waals surface area contributed by atoms with Gasteiger partial charge in [0.15, 0.2) is 21.3 Å². The summed E-state index contributed by atoms with van der Waals surface area (Å²) in [6.45, 7) is 0.158. The van der Waals surface area contributed by atoms with Gasteiger partial charge in [0.05, 0.1) is 11.5 Å². The average Bonchev–Trinajstić information content (AvgIpc) is 3.26. The monoisotopic (exact) mass is 390 g/mol. The molecule has 1 aromatic carbocycles. The summed E-state index contributed by atoms with van der Waals surface area (Å²) < 4.78 is 33.9. The molecule has 0 radical (unpaired) electrons. The molecule has 4 rings (SSSR count). The van der Waals surface area contributed by atoms with Crippen molar-refractivity contribution in [1.82, 2.24) is 9.97 Å². The number of carbonyl (C=O) groups excluding carboxylic acids is 1. The molecule has 1 atom stereocenters. The van der Waals surface area contributed by atoms with Gasteiger partial charge in [0, 0.05) is 31.0 Å². The molecule has 10 heteroatoms. The summed E-state index contributed by atoms with van der Waals surface area (Å²) in [4.78, 5) is 22.7. The van der Waals surface area contributed by atoms with Crippen molar-refractivity contribution in [2.75, 3.05) is 35.6 Å². The van der Waals surface area contributed by atoms with E-state index in [2.05, 4.69) is 15.3 Å². The van der Waals surface area contributed by atoms with Crippen molar-refractivity contribution in [3.63, 3.8) is 0 Å². The topological polar surface area (TPSA) is 111 Å². The second-order valence-electron chi connectivity index (χ2n) is 6.43. The molecule has 27 heavy (non-hydrogen) atoms. The van der Waals surface area contributed by atoms with E-state index in [4.69, 9.17) is 9.47 Å². The van der Waals surface area contributed by atoms with Crippen molar-refractivity contribution in [2.45, 2.75) is 12.5 Å². The maximum absolute atomic E-state index is 12.5. The third kappa shape index (κ3) is 3.65. The standard InChI is InChI=1S/C17H18N4O5S/c1-21(12-5-7-27(23,24)9-12)17-18-6-4-13(20-17)16(22)19-11-2-3-14-15(8-11)26-10-25-14/h2-4,6,8,12H,5,7,9-10H2,1H3,(H,19,22). The van der Waals surface area contributed by atoms with E-state index in [9.17, 15) is 13.2 Å². The second-order valence-corrected chi connectivity index (χ2v) is 8.66. The van der Waals surface area contributed by atoms with Gasteiger partial charge in [-0.15, -0.1) is 0 Å². The average molecular weight is 390 g/mol. The van der Waals surface area contributed by atoms with Crippen molar-refractivity contribution in [3.8, 4) is 11.5 Å². The van der Waals surface area contributed by atoms with Crippen LogP contribution in [0, 0.1) is 0 Å². The van der Waals surface area contributed by atoms with E-state index >= 15 is 0 Å². The first-order valence-corrected chi connectivity index (χ1v) is 10.2. The van der Waals surface area contributed by atoms with E-state index in [-0.39, 0.29) is 30.0 Å². The van der Waals surface area contributed by atoms with Gasteiger partial charge in [-0.2, -0.15) is 0 Å². The van der Waals surface area contributed by atoms with E-state index in [0.29, 0.717) is 29.6 Å². The van der Waals surface area contributed by atoms with Crippen LogP contribution in [0.5, 0.6) is 11.5 Å². The fourth-order valence-electron chi connectivity index (χ4n) is 3.06. The fourth-order valence-corrected chi connectivity index (χ4v) is 4.83. The SMILES string of the molecule is CN(c1nccc(C(=O)Nc2ccc3c(c2)OCO3)n1)C1CCS(=O)(=O)C1. The normalized spacial score (nSPS) is 19.7. The molecule has 1 saturated heterocycles. The molecule has 0 aliphatic carbocycles. The molecular weight excluding hydrogens is 372 g/mol. The number of hydrogen-bond donors (Lipinski definition) is 1. The van der Waals surface area contributed by atoms with Crippen LogP contribution in [0.4, 0.5) is 11.6 Å². The Balaban J connectivity index is 1.49. The van der Waals surface area contributed by atoms with E-state index < -0.39 is 15.7 Å².